The van der Waals surface area contributed by atoms with E-state index in [9.17, 15) is 0 Å². The molecule has 1 aliphatic heterocycles. The van der Waals surface area contributed by atoms with Gasteiger partial charge < -0.3 is 5.32 Å². The van der Waals surface area contributed by atoms with Crippen LogP contribution in [-0.4, -0.2) is 40.3 Å². The molecule has 1 fully saturated rings. The first-order valence-corrected chi connectivity index (χ1v) is 9.45. The largest absolute Gasteiger partial charge is 0.320 e. The van der Waals surface area contributed by atoms with Gasteiger partial charge in [0.1, 0.15) is 5.82 Å². The molecule has 2 atom stereocenters. The molecule has 3 nitrogen and oxygen atoms in total. The second kappa shape index (κ2) is 7.66. The maximum absolute atomic E-state index is 4.82. The van der Waals surface area contributed by atoms with Crippen molar-refractivity contribution in [2.24, 2.45) is 0 Å². The van der Waals surface area contributed by atoms with E-state index in [0.29, 0.717) is 10.5 Å². The average Bonchev–Trinajstić information content (AvgIpc) is 2.42. The van der Waals surface area contributed by atoms with Crippen LogP contribution >= 0.6 is 23.5 Å². The monoisotopic (exact) mass is 311 g/mol. The lowest BCUT2D eigenvalue weighted by atomic mass is 10.1. The average molecular weight is 312 g/mol. The summed E-state index contributed by atoms with van der Waals surface area (Å²) >= 11 is 4.06. The van der Waals surface area contributed by atoms with Gasteiger partial charge in [-0.15, -0.1) is 11.8 Å². The Morgan fingerprint density at radius 1 is 1.15 bits per heavy atom. The highest BCUT2D eigenvalue weighted by Crippen LogP contribution is 2.41. The van der Waals surface area contributed by atoms with Crippen LogP contribution in [0.1, 0.15) is 41.4 Å². The van der Waals surface area contributed by atoms with Crippen LogP contribution in [0.5, 0.6) is 0 Å². The molecule has 5 heteroatoms. The Morgan fingerprint density at radius 2 is 1.80 bits per heavy atom. The zero-order valence-corrected chi connectivity index (χ0v) is 14.5. The second-order valence-electron chi connectivity index (χ2n) is 5.31. The summed E-state index contributed by atoms with van der Waals surface area (Å²) in [6.45, 7) is 7.62. The molecule has 20 heavy (non-hydrogen) atoms. The van der Waals surface area contributed by atoms with Gasteiger partial charge in [-0.05, 0) is 45.8 Å². The van der Waals surface area contributed by atoms with Gasteiger partial charge in [-0.25, -0.2) is 9.97 Å². The molecule has 2 unspecified atom stereocenters. The summed E-state index contributed by atoms with van der Waals surface area (Å²) in [4.78, 5) is 9.64. The molecule has 1 N–H and O–H groups in total. The van der Waals surface area contributed by atoms with E-state index in [4.69, 9.17) is 9.97 Å². The highest BCUT2D eigenvalue weighted by molar-refractivity contribution is 8.06. The Labute approximate surface area is 131 Å². The number of aryl methyl sites for hydroxylation is 2. The molecular weight excluding hydrogens is 286 g/mol. The van der Waals surface area contributed by atoms with Gasteiger partial charge >= 0.3 is 0 Å². The maximum atomic E-state index is 4.82. The maximum Gasteiger partial charge on any atom is 0.142 e. The van der Waals surface area contributed by atoms with E-state index in [1.54, 1.807) is 0 Å². The summed E-state index contributed by atoms with van der Waals surface area (Å²) in [7, 11) is 2.00. The Bertz CT molecular complexity index is 428. The number of aromatic nitrogens is 2. The van der Waals surface area contributed by atoms with Crippen LogP contribution in [0, 0.1) is 13.8 Å². The summed E-state index contributed by atoms with van der Waals surface area (Å²) in [6, 6.07) is 0. The summed E-state index contributed by atoms with van der Waals surface area (Å²) in [5.41, 5.74) is 3.68. The number of thioether (sulfide) groups is 2. The Hall–Kier alpha value is -0.260. The predicted molar refractivity (Wildman–Crippen MR) is 90.9 cm³/mol. The molecule has 112 valence electrons. The summed E-state index contributed by atoms with van der Waals surface area (Å²) in [6.07, 6.45) is 2.21. The zero-order chi connectivity index (χ0) is 14.5. The molecule has 1 aromatic rings. The molecule has 2 rings (SSSR count). The molecule has 1 saturated heterocycles. The van der Waals surface area contributed by atoms with E-state index in [0.717, 1.165) is 25.2 Å². The lowest BCUT2D eigenvalue weighted by molar-refractivity contribution is 0.708. The first-order chi connectivity index (χ1) is 9.63. The summed E-state index contributed by atoms with van der Waals surface area (Å²) in [5.74, 6) is 3.51. The summed E-state index contributed by atoms with van der Waals surface area (Å²) in [5, 5.41) is 4.27. The van der Waals surface area contributed by atoms with Gasteiger partial charge in [0.15, 0.2) is 0 Å². The zero-order valence-electron chi connectivity index (χ0n) is 12.9. The molecule has 1 aliphatic rings. The third-order valence-corrected chi connectivity index (χ3v) is 6.82. The minimum atomic E-state index is 0.456. The lowest BCUT2D eigenvalue weighted by Crippen LogP contribution is -2.20. The number of hydrogen-bond acceptors (Lipinski definition) is 5. The van der Waals surface area contributed by atoms with E-state index in [1.807, 2.05) is 30.6 Å². The van der Waals surface area contributed by atoms with Crippen molar-refractivity contribution in [1.29, 1.82) is 0 Å². The molecule has 2 heterocycles. The van der Waals surface area contributed by atoms with Crippen molar-refractivity contribution in [1.82, 2.24) is 15.3 Å². The number of nitrogens with zero attached hydrogens (tertiary/aromatic N) is 2. The van der Waals surface area contributed by atoms with Gasteiger partial charge in [0, 0.05) is 28.1 Å². The second-order valence-corrected chi connectivity index (χ2v) is 8.04. The fourth-order valence-corrected chi connectivity index (χ4v) is 5.30. The molecule has 1 aromatic heterocycles. The number of rotatable bonds is 5. The molecule has 0 bridgehead atoms. The van der Waals surface area contributed by atoms with E-state index in [1.165, 1.54) is 28.5 Å². The van der Waals surface area contributed by atoms with Crippen molar-refractivity contribution in [2.75, 3.05) is 25.1 Å². The topological polar surface area (TPSA) is 37.8 Å². The van der Waals surface area contributed by atoms with Crippen molar-refractivity contribution in [2.45, 2.75) is 44.1 Å². The van der Waals surface area contributed by atoms with Gasteiger partial charge in [0.25, 0.3) is 0 Å². The number of hydrogen-bond donors (Lipinski definition) is 1. The third kappa shape index (κ3) is 3.89. The molecule has 0 amide bonds. The van der Waals surface area contributed by atoms with E-state index < -0.39 is 0 Å². The minimum absolute atomic E-state index is 0.456. The van der Waals surface area contributed by atoms with Crippen LogP contribution in [0.25, 0.3) is 0 Å². The van der Waals surface area contributed by atoms with Crippen LogP contribution in [0.4, 0.5) is 0 Å². The van der Waals surface area contributed by atoms with Gasteiger partial charge in [0.2, 0.25) is 0 Å². The highest BCUT2D eigenvalue weighted by Gasteiger charge is 2.27. The molecule has 0 aromatic carbocycles. The summed E-state index contributed by atoms with van der Waals surface area (Å²) < 4.78 is 0. The SMILES string of the molecule is CNCCCc1c(C)nc(C2SCCSC2C)nc1C. The first-order valence-electron chi connectivity index (χ1n) is 7.35. The Kier molecular flexibility index (Phi) is 6.18. The van der Waals surface area contributed by atoms with E-state index in [-0.39, 0.29) is 0 Å². The molecule has 0 aliphatic carbocycles. The van der Waals surface area contributed by atoms with Gasteiger partial charge in [-0.3, -0.25) is 0 Å². The van der Waals surface area contributed by atoms with Crippen molar-refractivity contribution >= 4 is 23.5 Å². The molecular formula is C15H25N3S2. The van der Waals surface area contributed by atoms with Gasteiger partial charge in [-0.2, -0.15) is 11.8 Å². The Morgan fingerprint density at radius 3 is 2.40 bits per heavy atom. The third-order valence-electron chi connectivity index (χ3n) is 3.73. The standard InChI is InChI=1S/C15H25N3S2/c1-10-13(6-5-7-16-4)11(2)18-15(17-10)14-12(3)19-8-9-20-14/h12,14,16H,5-9H2,1-4H3. The quantitative estimate of drug-likeness (QED) is 0.846. The van der Waals surface area contributed by atoms with E-state index >= 15 is 0 Å². The van der Waals surface area contributed by atoms with Gasteiger partial charge in [0.05, 0.1) is 5.25 Å². The smallest absolute Gasteiger partial charge is 0.142 e. The predicted octanol–water partition coefficient (Wildman–Crippen LogP) is 3.16. The number of nitrogens with one attached hydrogen (secondary N) is 1. The molecule has 0 radical (unpaired) electrons. The van der Waals surface area contributed by atoms with Crippen LogP contribution in [-0.2, 0) is 6.42 Å². The van der Waals surface area contributed by atoms with E-state index in [2.05, 4.69) is 26.1 Å². The fourth-order valence-electron chi connectivity index (χ4n) is 2.61. The van der Waals surface area contributed by atoms with Crippen LogP contribution in [0.15, 0.2) is 0 Å². The molecule has 0 saturated carbocycles. The molecule has 0 spiro atoms. The van der Waals surface area contributed by atoms with Crippen LogP contribution in [0.2, 0.25) is 0 Å². The van der Waals surface area contributed by atoms with Crippen molar-refractivity contribution < 1.29 is 0 Å². The van der Waals surface area contributed by atoms with Crippen LogP contribution < -0.4 is 5.32 Å². The van der Waals surface area contributed by atoms with Crippen LogP contribution in [0.3, 0.4) is 0 Å². The van der Waals surface area contributed by atoms with Gasteiger partial charge in [-0.1, -0.05) is 6.92 Å². The highest BCUT2D eigenvalue weighted by atomic mass is 32.2. The normalized spacial score (nSPS) is 23.0. The first kappa shape index (κ1) is 16.1. The van der Waals surface area contributed by atoms with Crippen molar-refractivity contribution in [3.05, 3.63) is 22.8 Å². The van der Waals surface area contributed by atoms with Crippen molar-refractivity contribution in [3.8, 4) is 0 Å². The lowest BCUT2D eigenvalue weighted by Gasteiger charge is -2.27. The Balaban J connectivity index is 2.16. The fraction of sp³-hybridized carbons (Fsp3) is 0.733. The van der Waals surface area contributed by atoms with Crippen molar-refractivity contribution in [3.63, 3.8) is 0 Å². The minimum Gasteiger partial charge on any atom is -0.320 e.